The first-order valence-corrected chi connectivity index (χ1v) is 6.97. The molecule has 0 saturated carbocycles. The highest BCUT2D eigenvalue weighted by Crippen LogP contribution is 2.11. The summed E-state index contributed by atoms with van der Waals surface area (Å²) < 4.78 is 22.4. The van der Waals surface area contributed by atoms with Gasteiger partial charge in [0.25, 0.3) is 0 Å². The topological polar surface area (TPSA) is 71.4 Å². The normalized spacial score (nSPS) is 11.8. The summed E-state index contributed by atoms with van der Waals surface area (Å²) in [6, 6.07) is 6.60. The van der Waals surface area contributed by atoms with Crippen LogP contribution in [0.1, 0.15) is 12.0 Å². The SMILES string of the molecule is CS(=O)(=O)c1ccc(CC/C=C/C(=O)O)cc1. The third kappa shape index (κ3) is 4.82. The predicted molar refractivity (Wildman–Crippen MR) is 64.6 cm³/mol. The van der Waals surface area contributed by atoms with E-state index in [1.807, 2.05) is 0 Å². The molecule has 0 aliphatic carbocycles. The third-order valence-electron chi connectivity index (χ3n) is 2.21. The Morgan fingerprint density at radius 1 is 1.29 bits per heavy atom. The van der Waals surface area contributed by atoms with E-state index in [1.165, 1.54) is 0 Å². The molecule has 1 aromatic rings. The Labute approximate surface area is 101 Å². The van der Waals surface area contributed by atoms with Crippen LogP contribution in [0.25, 0.3) is 0 Å². The molecule has 0 aliphatic heterocycles. The first kappa shape index (κ1) is 13.4. The molecule has 4 nitrogen and oxygen atoms in total. The number of allylic oxidation sites excluding steroid dienone is 1. The van der Waals surface area contributed by atoms with Crippen LogP contribution in [-0.2, 0) is 21.1 Å². The number of carbonyl (C=O) groups is 1. The largest absolute Gasteiger partial charge is 0.478 e. The first-order chi connectivity index (χ1) is 7.89. The zero-order valence-corrected chi connectivity index (χ0v) is 10.3. The molecule has 0 unspecified atom stereocenters. The lowest BCUT2D eigenvalue weighted by Crippen LogP contribution is -1.96. The maximum Gasteiger partial charge on any atom is 0.327 e. The summed E-state index contributed by atoms with van der Waals surface area (Å²) in [6.07, 6.45) is 5.15. The molecule has 0 fully saturated rings. The van der Waals surface area contributed by atoms with Gasteiger partial charge >= 0.3 is 5.97 Å². The van der Waals surface area contributed by atoms with Crippen LogP contribution in [0, 0.1) is 0 Å². The Kier molecular flexibility index (Phi) is 4.45. The summed E-state index contributed by atoms with van der Waals surface area (Å²) in [6.45, 7) is 0. The van der Waals surface area contributed by atoms with Crippen molar-refractivity contribution >= 4 is 15.8 Å². The second-order valence-electron chi connectivity index (χ2n) is 3.70. The second-order valence-corrected chi connectivity index (χ2v) is 5.71. The van der Waals surface area contributed by atoms with Crippen molar-refractivity contribution in [3.8, 4) is 0 Å². The molecular weight excluding hydrogens is 240 g/mol. The fourth-order valence-corrected chi connectivity index (χ4v) is 1.97. The van der Waals surface area contributed by atoms with Gasteiger partial charge in [0.1, 0.15) is 0 Å². The summed E-state index contributed by atoms with van der Waals surface area (Å²) in [7, 11) is -3.15. The van der Waals surface area contributed by atoms with Crippen molar-refractivity contribution in [3.05, 3.63) is 42.0 Å². The van der Waals surface area contributed by atoms with Crippen molar-refractivity contribution in [1.82, 2.24) is 0 Å². The Hall–Kier alpha value is -1.62. The fraction of sp³-hybridized carbons (Fsp3) is 0.250. The van der Waals surface area contributed by atoms with Crippen LogP contribution < -0.4 is 0 Å². The van der Waals surface area contributed by atoms with Crippen molar-refractivity contribution in [2.45, 2.75) is 17.7 Å². The molecule has 0 spiro atoms. The van der Waals surface area contributed by atoms with Gasteiger partial charge < -0.3 is 5.11 Å². The molecule has 0 atom stereocenters. The lowest BCUT2D eigenvalue weighted by atomic mass is 10.1. The Bertz CT molecular complexity index is 512. The summed E-state index contributed by atoms with van der Waals surface area (Å²) in [5, 5.41) is 8.38. The van der Waals surface area contributed by atoms with E-state index in [4.69, 9.17) is 5.11 Å². The molecular formula is C12H14O4S. The van der Waals surface area contributed by atoms with Crippen LogP contribution in [0.5, 0.6) is 0 Å². The number of rotatable bonds is 5. The average Bonchev–Trinajstić information content (AvgIpc) is 2.23. The van der Waals surface area contributed by atoms with Crippen LogP contribution in [0.2, 0.25) is 0 Å². The van der Waals surface area contributed by atoms with Gasteiger partial charge in [0.2, 0.25) is 0 Å². The first-order valence-electron chi connectivity index (χ1n) is 5.08. The van der Waals surface area contributed by atoms with Gasteiger partial charge in [-0.25, -0.2) is 13.2 Å². The zero-order chi connectivity index (χ0) is 12.9. The van der Waals surface area contributed by atoms with Gasteiger partial charge in [-0.15, -0.1) is 0 Å². The molecule has 0 aromatic heterocycles. The number of carboxylic acid groups (broad SMARTS) is 1. The maximum atomic E-state index is 11.2. The van der Waals surface area contributed by atoms with Crippen LogP contribution in [0.15, 0.2) is 41.3 Å². The smallest absolute Gasteiger partial charge is 0.327 e. The molecule has 0 saturated heterocycles. The molecule has 0 aliphatic rings. The number of benzene rings is 1. The lowest BCUT2D eigenvalue weighted by Gasteiger charge is -2.01. The van der Waals surface area contributed by atoms with Crippen molar-refractivity contribution in [2.24, 2.45) is 0 Å². The van der Waals surface area contributed by atoms with E-state index in [2.05, 4.69) is 0 Å². The highest BCUT2D eigenvalue weighted by molar-refractivity contribution is 7.90. The van der Waals surface area contributed by atoms with E-state index in [0.29, 0.717) is 17.7 Å². The average molecular weight is 254 g/mol. The van der Waals surface area contributed by atoms with Crippen molar-refractivity contribution in [3.63, 3.8) is 0 Å². The molecule has 1 rings (SSSR count). The van der Waals surface area contributed by atoms with Gasteiger partial charge in [0.15, 0.2) is 9.84 Å². The second kappa shape index (κ2) is 5.63. The van der Waals surface area contributed by atoms with E-state index in [9.17, 15) is 13.2 Å². The Morgan fingerprint density at radius 3 is 2.35 bits per heavy atom. The van der Waals surface area contributed by atoms with Crippen molar-refractivity contribution in [1.29, 1.82) is 0 Å². The minimum atomic E-state index is -3.15. The minimum Gasteiger partial charge on any atom is -0.478 e. The quantitative estimate of drug-likeness (QED) is 0.811. The summed E-state index contributed by atoms with van der Waals surface area (Å²) >= 11 is 0. The highest BCUT2D eigenvalue weighted by atomic mass is 32.2. The summed E-state index contributed by atoms with van der Waals surface area (Å²) in [5.41, 5.74) is 0.979. The van der Waals surface area contributed by atoms with Crippen molar-refractivity contribution in [2.75, 3.05) is 6.26 Å². The Balaban J connectivity index is 2.61. The van der Waals surface area contributed by atoms with Gasteiger partial charge in [0.05, 0.1) is 4.90 Å². The number of carboxylic acids is 1. The van der Waals surface area contributed by atoms with E-state index >= 15 is 0 Å². The van der Waals surface area contributed by atoms with Crippen LogP contribution in [-0.4, -0.2) is 25.7 Å². The number of sulfone groups is 1. The van der Waals surface area contributed by atoms with E-state index < -0.39 is 15.8 Å². The van der Waals surface area contributed by atoms with E-state index in [-0.39, 0.29) is 0 Å². The standard InChI is InChI=1S/C12H14O4S/c1-17(15,16)11-8-6-10(7-9-11)4-2-3-5-12(13)14/h3,5-9H,2,4H2,1H3,(H,13,14)/b5-3+. The molecule has 0 bridgehead atoms. The molecule has 1 aromatic carbocycles. The molecule has 1 N–H and O–H groups in total. The van der Waals surface area contributed by atoms with Gasteiger partial charge in [0, 0.05) is 12.3 Å². The molecule has 5 heteroatoms. The molecule has 0 amide bonds. The molecule has 92 valence electrons. The van der Waals surface area contributed by atoms with Gasteiger partial charge in [-0.3, -0.25) is 0 Å². The Morgan fingerprint density at radius 2 is 1.88 bits per heavy atom. The summed E-state index contributed by atoms with van der Waals surface area (Å²) in [5.74, 6) is -0.961. The highest BCUT2D eigenvalue weighted by Gasteiger charge is 2.05. The van der Waals surface area contributed by atoms with Gasteiger partial charge in [-0.2, -0.15) is 0 Å². The fourth-order valence-electron chi connectivity index (χ4n) is 1.34. The zero-order valence-electron chi connectivity index (χ0n) is 9.46. The molecule has 17 heavy (non-hydrogen) atoms. The predicted octanol–water partition coefficient (Wildman–Crippen LogP) is 1.66. The third-order valence-corrected chi connectivity index (χ3v) is 3.34. The van der Waals surface area contributed by atoms with E-state index in [1.54, 1.807) is 30.3 Å². The number of hydrogen-bond acceptors (Lipinski definition) is 3. The molecule has 0 radical (unpaired) electrons. The van der Waals surface area contributed by atoms with Gasteiger partial charge in [-0.1, -0.05) is 18.2 Å². The lowest BCUT2D eigenvalue weighted by molar-refractivity contribution is -0.131. The minimum absolute atomic E-state index is 0.294. The van der Waals surface area contributed by atoms with Gasteiger partial charge in [-0.05, 0) is 30.5 Å². The van der Waals surface area contributed by atoms with Crippen LogP contribution in [0.3, 0.4) is 0 Å². The molecule has 0 heterocycles. The monoisotopic (exact) mass is 254 g/mol. The van der Waals surface area contributed by atoms with Crippen LogP contribution in [0.4, 0.5) is 0 Å². The van der Waals surface area contributed by atoms with Crippen molar-refractivity contribution < 1.29 is 18.3 Å². The van der Waals surface area contributed by atoms with E-state index in [0.717, 1.165) is 17.9 Å². The maximum absolute atomic E-state index is 11.2. The number of aryl methyl sites for hydroxylation is 1. The number of hydrogen-bond donors (Lipinski definition) is 1. The summed E-state index contributed by atoms with van der Waals surface area (Å²) in [4.78, 5) is 10.5. The number of aliphatic carboxylic acids is 1. The van der Waals surface area contributed by atoms with Crippen LogP contribution >= 0.6 is 0 Å².